The van der Waals surface area contributed by atoms with Gasteiger partial charge in [-0.05, 0) is 6.07 Å². The average Bonchev–Trinajstić information content (AvgIpc) is 2.64. The standard InChI is InChI=1S/C8H3Br2N3O3/c9-5-1-4(2-6(3-5)13(14)15)7-11-12-8(10)16-7/h1-3H. The van der Waals surface area contributed by atoms with Crippen LogP contribution in [-0.4, -0.2) is 15.1 Å². The maximum atomic E-state index is 10.7. The first kappa shape index (κ1) is 11.2. The Bertz CT molecular complexity index is 555. The van der Waals surface area contributed by atoms with E-state index in [9.17, 15) is 10.1 Å². The minimum Gasteiger partial charge on any atom is -0.411 e. The largest absolute Gasteiger partial charge is 0.411 e. The van der Waals surface area contributed by atoms with Crippen LogP contribution in [-0.2, 0) is 0 Å². The molecule has 0 aliphatic carbocycles. The van der Waals surface area contributed by atoms with Crippen molar-refractivity contribution in [3.63, 3.8) is 0 Å². The second kappa shape index (κ2) is 4.30. The van der Waals surface area contributed by atoms with E-state index in [4.69, 9.17) is 4.42 Å². The van der Waals surface area contributed by atoms with Crippen molar-refractivity contribution in [2.75, 3.05) is 0 Å². The molecule has 6 nitrogen and oxygen atoms in total. The van der Waals surface area contributed by atoms with Crippen molar-refractivity contribution in [2.45, 2.75) is 0 Å². The Morgan fingerprint density at radius 2 is 2.00 bits per heavy atom. The van der Waals surface area contributed by atoms with Gasteiger partial charge in [-0.15, -0.1) is 10.2 Å². The lowest BCUT2D eigenvalue weighted by Gasteiger charge is -1.97. The quantitative estimate of drug-likeness (QED) is 0.615. The lowest BCUT2D eigenvalue weighted by molar-refractivity contribution is -0.384. The molecule has 1 heterocycles. The van der Waals surface area contributed by atoms with Crippen molar-refractivity contribution < 1.29 is 9.34 Å². The molecule has 0 saturated carbocycles. The zero-order valence-corrected chi connectivity index (χ0v) is 10.7. The Labute approximate surface area is 106 Å². The molecule has 2 aromatic rings. The second-order valence-electron chi connectivity index (χ2n) is 2.82. The third-order valence-electron chi connectivity index (χ3n) is 1.74. The van der Waals surface area contributed by atoms with Crippen molar-refractivity contribution in [1.82, 2.24) is 10.2 Å². The monoisotopic (exact) mass is 347 g/mol. The zero-order chi connectivity index (χ0) is 11.7. The molecule has 0 bridgehead atoms. The van der Waals surface area contributed by atoms with Gasteiger partial charge in [0.25, 0.3) is 10.5 Å². The molecule has 2 rings (SSSR count). The minimum absolute atomic E-state index is 0.0429. The van der Waals surface area contributed by atoms with Gasteiger partial charge < -0.3 is 4.42 Å². The maximum absolute atomic E-state index is 10.7. The summed E-state index contributed by atoms with van der Waals surface area (Å²) in [5, 5.41) is 18.0. The normalized spacial score (nSPS) is 10.4. The summed E-state index contributed by atoms with van der Waals surface area (Å²) in [7, 11) is 0. The summed E-state index contributed by atoms with van der Waals surface area (Å²) in [6.07, 6.45) is 0. The molecule has 0 spiro atoms. The van der Waals surface area contributed by atoms with Crippen LogP contribution in [0.3, 0.4) is 0 Å². The smallest absolute Gasteiger partial charge is 0.285 e. The summed E-state index contributed by atoms with van der Waals surface area (Å²) in [6, 6.07) is 4.42. The van der Waals surface area contributed by atoms with Crippen molar-refractivity contribution in [2.24, 2.45) is 0 Å². The molecule has 0 unspecified atom stereocenters. The average molecular weight is 349 g/mol. The fourth-order valence-electron chi connectivity index (χ4n) is 1.13. The second-order valence-corrected chi connectivity index (χ2v) is 4.41. The number of halogens is 2. The highest BCUT2D eigenvalue weighted by atomic mass is 79.9. The summed E-state index contributed by atoms with van der Waals surface area (Å²) in [4.78, 5) is 10.4. The maximum Gasteiger partial charge on any atom is 0.285 e. The lowest BCUT2D eigenvalue weighted by atomic mass is 10.2. The van der Waals surface area contributed by atoms with Crippen LogP contribution in [0.4, 0.5) is 5.69 Å². The van der Waals surface area contributed by atoms with Gasteiger partial charge in [0.15, 0.2) is 0 Å². The number of nitro groups is 1. The van der Waals surface area contributed by atoms with Crippen molar-refractivity contribution >= 4 is 37.5 Å². The zero-order valence-electron chi connectivity index (χ0n) is 7.55. The van der Waals surface area contributed by atoms with Gasteiger partial charge in [0.1, 0.15) is 0 Å². The van der Waals surface area contributed by atoms with E-state index >= 15 is 0 Å². The van der Waals surface area contributed by atoms with Gasteiger partial charge in [-0.3, -0.25) is 10.1 Å². The molecule has 0 aliphatic heterocycles. The van der Waals surface area contributed by atoms with E-state index in [1.807, 2.05) is 0 Å². The number of nitro benzene ring substituents is 1. The van der Waals surface area contributed by atoms with E-state index < -0.39 is 4.92 Å². The first-order valence-electron chi connectivity index (χ1n) is 4.00. The highest BCUT2D eigenvalue weighted by molar-refractivity contribution is 9.10. The van der Waals surface area contributed by atoms with Crippen LogP contribution in [0, 0.1) is 10.1 Å². The Morgan fingerprint density at radius 3 is 2.56 bits per heavy atom. The number of rotatable bonds is 2. The Balaban J connectivity index is 2.53. The summed E-state index contributed by atoms with van der Waals surface area (Å²) in [6.45, 7) is 0. The van der Waals surface area contributed by atoms with Gasteiger partial charge in [-0.2, -0.15) is 0 Å². The third kappa shape index (κ3) is 2.27. The molecule has 1 aromatic carbocycles. The van der Waals surface area contributed by atoms with Crippen LogP contribution in [0.5, 0.6) is 0 Å². The number of hydrogen-bond donors (Lipinski definition) is 0. The molecule has 0 radical (unpaired) electrons. The summed E-state index contributed by atoms with van der Waals surface area (Å²) >= 11 is 6.19. The predicted molar refractivity (Wildman–Crippen MR) is 61.8 cm³/mol. The molecule has 82 valence electrons. The Morgan fingerprint density at radius 1 is 1.25 bits per heavy atom. The van der Waals surface area contributed by atoms with Crippen molar-refractivity contribution in [3.8, 4) is 11.5 Å². The van der Waals surface area contributed by atoms with Crippen LogP contribution >= 0.6 is 31.9 Å². The topological polar surface area (TPSA) is 82.1 Å². The fourth-order valence-corrected chi connectivity index (χ4v) is 1.84. The highest BCUT2D eigenvalue weighted by Crippen LogP contribution is 2.28. The SMILES string of the molecule is O=[N+]([O-])c1cc(Br)cc(-c2nnc(Br)o2)c1. The van der Waals surface area contributed by atoms with Gasteiger partial charge in [0, 0.05) is 38.1 Å². The van der Waals surface area contributed by atoms with Crippen molar-refractivity contribution in [3.05, 3.63) is 37.6 Å². The fraction of sp³-hybridized carbons (Fsp3) is 0. The molecule has 8 heteroatoms. The summed E-state index contributed by atoms with van der Waals surface area (Å²) in [5.41, 5.74) is 0.443. The van der Waals surface area contributed by atoms with Crippen LogP contribution < -0.4 is 0 Å². The first-order chi connectivity index (χ1) is 7.56. The Kier molecular flexibility index (Phi) is 3.01. The van der Waals surface area contributed by atoms with E-state index in [0.717, 1.165) is 0 Å². The number of hydrogen-bond acceptors (Lipinski definition) is 5. The molecule has 0 atom stereocenters. The number of nitrogens with zero attached hydrogens (tertiary/aromatic N) is 3. The van der Waals surface area contributed by atoms with Crippen molar-refractivity contribution in [1.29, 1.82) is 0 Å². The molecule has 16 heavy (non-hydrogen) atoms. The van der Waals surface area contributed by atoms with Gasteiger partial charge in [-0.1, -0.05) is 15.9 Å². The van der Waals surface area contributed by atoms with E-state index in [2.05, 4.69) is 42.1 Å². The number of aromatic nitrogens is 2. The molecule has 0 saturated heterocycles. The van der Waals surface area contributed by atoms with E-state index in [1.165, 1.54) is 12.1 Å². The molecular weight excluding hydrogens is 346 g/mol. The van der Waals surface area contributed by atoms with E-state index in [-0.39, 0.29) is 16.4 Å². The predicted octanol–water partition coefficient (Wildman–Crippen LogP) is 3.17. The molecule has 0 aliphatic rings. The van der Waals surface area contributed by atoms with Crippen LogP contribution in [0.15, 0.2) is 31.9 Å². The van der Waals surface area contributed by atoms with E-state index in [0.29, 0.717) is 10.0 Å². The molecule has 1 aromatic heterocycles. The number of benzene rings is 1. The van der Waals surface area contributed by atoms with Gasteiger partial charge >= 0.3 is 0 Å². The minimum atomic E-state index is -0.486. The van der Waals surface area contributed by atoms with Crippen LogP contribution in [0.25, 0.3) is 11.5 Å². The summed E-state index contributed by atoms with van der Waals surface area (Å²) < 4.78 is 5.69. The summed E-state index contributed by atoms with van der Waals surface area (Å²) in [5.74, 6) is 0.219. The van der Waals surface area contributed by atoms with Gasteiger partial charge in [0.2, 0.25) is 5.89 Å². The van der Waals surface area contributed by atoms with E-state index in [1.54, 1.807) is 6.07 Å². The third-order valence-corrected chi connectivity index (χ3v) is 2.52. The van der Waals surface area contributed by atoms with Crippen LogP contribution in [0.2, 0.25) is 0 Å². The molecular formula is C8H3Br2N3O3. The lowest BCUT2D eigenvalue weighted by Crippen LogP contribution is -1.89. The molecule has 0 N–H and O–H groups in total. The molecule has 0 amide bonds. The van der Waals surface area contributed by atoms with Gasteiger partial charge in [0.05, 0.1) is 4.92 Å². The first-order valence-corrected chi connectivity index (χ1v) is 5.59. The molecule has 0 fully saturated rings. The van der Waals surface area contributed by atoms with Crippen LogP contribution in [0.1, 0.15) is 0 Å². The number of non-ortho nitro benzene ring substituents is 1. The van der Waals surface area contributed by atoms with Gasteiger partial charge in [-0.25, -0.2) is 0 Å². The highest BCUT2D eigenvalue weighted by Gasteiger charge is 2.13. The Hall–Kier alpha value is -1.28.